The van der Waals surface area contributed by atoms with E-state index in [1.54, 1.807) is 51.3 Å². The lowest BCUT2D eigenvalue weighted by Crippen LogP contribution is -2.27. The van der Waals surface area contributed by atoms with Crippen LogP contribution in [0.2, 0.25) is 5.02 Å². The average Bonchev–Trinajstić information content (AvgIpc) is 2.94. The Kier molecular flexibility index (Phi) is 5.46. The van der Waals surface area contributed by atoms with Crippen LogP contribution in [0.4, 0.5) is 11.4 Å². The first-order valence-electron chi connectivity index (χ1n) is 8.42. The van der Waals surface area contributed by atoms with Gasteiger partial charge in [0.2, 0.25) is 0 Å². The molecule has 144 valence electrons. The molecule has 1 N–H and O–H groups in total. The maximum Gasteiger partial charge on any atom is 0.337 e. The zero-order chi connectivity index (χ0) is 20.4. The van der Waals surface area contributed by atoms with Crippen molar-refractivity contribution in [1.82, 2.24) is 0 Å². The van der Waals surface area contributed by atoms with Crippen LogP contribution in [0, 0.1) is 12.8 Å². The molecular weight excluding hydrogens is 382 g/mol. The highest BCUT2D eigenvalue weighted by atomic mass is 35.5. The Hall–Kier alpha value is -3.19. The number of hydrazone groups is 1. The molecule has 0 aliphatic carbocycles. The largest absolute Gasteiger partial charge is 0.497 e. The Bertz CT molecular complexity index is 999. The Morgan fingerprint density at radius 3 is 2.57 bits per heavy atom. The third-order valence-electron chi connectivity index (χ3n) is 4.35. The van der Waals surface area contributed by atoms with Crippen LogP contribution in [0.3, 0.4) is 0 Å². The summed E-state index contributed by atoms with van der Waals surface area (Å²) in [4.78, 5) is 28.6. The van der Waals surface area contributed by atoms with E-state index in [0.717, 1.165) is 0 Å². The first-order valence-corrected chi connectivity index (χ1v) is 8.80. The molecule has 0 saturated heterocycles. The van der Waals surface area contributed by atoms with E-state index in [2.05, 4.69) is 10.1 Å². The predicted octanol–water partition coefficient (Wildman–Crippen LogP) is 4.10. The van der Waals surface area contributed by atoms with Gasteiger partial charge in [-0.1, -0.05) is 11.6 Å². The lowest BCUT2D eigenvalue weighted by atomic mass is 10.1. The molecule has 2 aromatic rings. The molecule has 1 aliphatic heterocycles. The summed E-state index contributed by atoms with van der Waals surface area (Å²) in [5.74, 6) is -1.41. The number of anilines is 1. The number of hydrogen-bond acceptors (Lipinski definition) is 5. The number of amides is 1. The number of carbonyl (C=O) groups excluding carboxylic acids is 1. The number of nitrogens with zero attached hydrogens (tertiary/aromatic N) is 3. The van der Waals surface area contributed by atoms with Gasteiger partial charge in [-0.25, -0.2) is 4.79 Å². The number of benzene rings is 2. The van der Waals surface area contributed by atoms with Crippen LogP contribution in [-0.2, 0) is 4.79 Å². The maximum absolute atomic E-state index is 12.8. The van der Waals surface area contributed by atoms with E-state index >= 15 is 0 Å². The van der Waals surface area contributed by atoms with Gasteiger partial charge in [0.25, 0.3) is 5.91 Å². The highest BCUT2D eigenvalue weighted by Crippen LogP contribution is 2.30. The van der Waals surface area contributed by atoms with Crippen LogP contribution in [0.5, 0.6) is 5.75 Å². The average molecular weight is 400 g/mol. The van der Waals surface area contributed by atoms with Gasteiger partial charge >= 0.3 is 5.97 Å². The summed E-state index contributed by atoms with van der Waals surface area (Å²) in [6.45, 7) is 3.44. The maximum atomic E-state index is 12.8. The molecule has 0 radical (unpaired) electrons. The Morgan fingerprint density at radius 2 is 1.96 bits per heavy atom. The number of carboxylic acids is 1. The minimum atomic E-state index is -1.14. The van der Waals surface area contributed by atoms with Crippen molar-refractivity contribution in [2.75, 3.05) is 12.1 Å². The minimum Gasteiger partial charge on any atom is -0.497 e. The van der Waals surface area contributed by atoms with Gasteiger partial charge in [0.15, 0.2) is 0 Å². The summed E-state index contributed by atoms with van der Waals surface area (Å²) < 4.78 is 5.12. The topological polar surface area (TPSA) is 91.6 Å². The SMILES string of the molecule is COc1ccc(N2N=C(C)C(C=Nc3c(C)cc(Cl)cc3C(=O)O)C2=O)cc1. The highest BCUT2D eigenvalue weighted by molar-refractivity contribution is 6.31. The Labute approximate surface area is 166 Å². The quantitative estimate of drug-likeness (QED) is 0.766. The standard InChI is InChI=1S/C20H18ClN3O4/c1-11-8-13(21)9-16(20(26)27)18(11)22-10-17-12(2)23-24(19(17)25)14-4-6-15(28-3)7-5-14/h4-10,17H,1-3H3,(H,26,27). The molecule has 0 spiro atoms. The summed E-state index contributed by atoms with van der Waals surface area (Å²) in [5.41, 5.74) is 2.02. The molecular formula is C20H18ClN3O4. The van der Waals surface area contributed by atoms with Gasteiger partial charge in [-0.15, -0.1) is 0 Å². The van der Waals surface area contributed by atoms with Crippen molar-refractivity contribution in [3.8, 4) is 5.75 Å². The van der Waals surface area contributed by atoms with Crippen LogP contribution < -0.4 is 9.75 Å². The molecule has 1 unspecified atom stereocenters. The minimum absolute atomic E-state index is 0.0201. The molecule has 1 amide bonds. The molecule has 0 aromatic heterocycles. The van der Waals surface area contributed by atoms with Crippen molar-refractivity contribution in [2.45, 2.75) is 13.8 Å². The summed E-state index contributed by atoms with van der Waals surface area (Å²) >= 11 is 5.94. The van der Waals surface area contributed by atoms with Crippen LogP contribution in [0.15, 0.2) is 46.5 Å². The molecule has 0 bridgehead atoms. The van der Waals surface area contributed by atoms with E-state index in [0.29, 0.717) is 27.7 Å². The number of halogens is 1. The van der Waals surface area contributed by atoms with Crippen molar-refractivity contribution in [1.29, 1.82) is 0 Å². The van der Waals surface area contributed by atoms with Gasteiger partial charge in [0, 0.05) is 11.2 Å². The smallest absolute Gasteiger partial charge is 0.337 e. The van der Waals surface area contributed by atoms with Gasteiger partial charge in [-0.2, -0.15) is 10.1 Å². The first kappa shape index (κ1) is 19.6. The third-order valence-corrected chi connectivity index (χ3v) is 4.57. The second kappa shape index (κ2) is 7.82. The number of aryl methyl sites for hydroxylation is 1. The molecule has 0 saturated carbocycles. The van der Waals surface area contributed by atoms with Crippen molar-refractivity contribution in [2.24, 2.45) is 16.0 Å². The van der Waals surface area contributed by atoms with Crippen molar-refractivity contribution in [3.63, 3.8) is 0 Å². The van der Waals surface area contributed by atoms with E-state index in [4.69, 9.17) is 16.3 Å². The van der Waals surface area contributed by atoms with Crippen molar-refractivity contribution < 1.29 is 19.4 Å². The molecule has 1 heterocycles. The van der Waals surface area contributed by atoms with Gasteiger partial charge in [0.1, 0.15) is 11.7 Å². The fourth-order valence-electron chi connectivity index (χ4n) is 2.88. The number of carbonyl (C=O) groups is 2. The molecule has 2 aromatic carbocycles. The molecule has 3 rings (SSSR count). The van der Waals surface area contributed by atoms with Crippen molar-refractivity contribution >= 4 is 46.8 Å². The van der Waals surface area contributed by atoms with E-state index in [9.17, 15) is 14.7 Å². The Morgan fingerprint density at radius 1 is 1.29 bits per heavy atom. The summed E-state index contributed by atoms with van der Waals surface area (Å²) in [7, 11) is 1.56. The molecule has 28 heavy (non-hydrogen) atoms. The second-order valence-electron chi connectivity index (χ2n) is 6.27. The molecule has 7 nitrogen and oxygen atoms in total. The highest BCUT2D eigenvalue weighted by Gasteiger charge is 2.33. The number of carboxylic acid groups (broad SMARTS) is 1. The monoisotopic (exact) mass is 399 g/mol. The number of ether oxygens (including phenoxy) is 1. The van der Waals surface area contributed by atoms with E-state index in [1.165, 1.54) is 17.3 Å². The predicted molar refractivity (Wildman–Crippen MR) is 108 cm³/mol. The number of rotatable bonds is 5. The normalized spacial score (nSPS) is 16.6. The molecule has 8 heteroatoms. The zero-order valence-electron chi connectivity index (χ0n) is 15.5. The van der Waals surface area contributed by atoms with Crippen molar-refractivity contribution in [3.05, 3.63) is 52.5 Å². The van der Waals surface area contributed by atoms with Gasteiger partial charge in [0.05, 0.1) is 29.8 Å². The third kappa shape index (κ3) is 3.75. The fraction of sp³-hybridized carbons (Fsp3) is 0.200. The van der Waals surface area contributed by atoms with E-state index in [-0.39, 0.29) is 17.2 Å². The number of methoxy groups -OCH3 is 1. The number of aliphatic imine (C=N–C) groups is 1. The molecule has 0 fully saturated rings. The summed E-state index contributed by atoms with van der Waals surface area (Å²) in [5, 5.41) is 15.3. The van der Waals surface area contributed by atoms with E-state index < -0.39 is 11.9 Å². The number of aromatic carboxylic acids is 1. The van der Waals surface area contributed by atoms with Crippen LogP contribution in [0.1, 0.15) is 22.8 Å². The summed E-state index contributed by atoms with van der Waals surface area (Å²) in [6, 6.07) is 9.92. The van der Waals surface area contributed by atoms with Gasteiger partial charge < -0.3 is 9.84 Å². The Balaban J connectivity index is 1.89. The lowest BCUT2D eigenvalue weighted by Gasteiger charge is -2.13. The van der Waals surface area contributed by atoms with E-state index in [1.807, 2.05) is 0 Å². The van der Waals surface area contributed by atoms with Crippen LogP contribution in [0.25, 0.3) is 0 Å². The van der Waals surface area contributed by atoms with Crippen LogP contribution in [-0.4, -0.2) is 36.0 Å². The summed E-state index contributed by atoms with van der Waals surface area (Å²) in [6.07, 6.45) is 1.42. The van der Waals surface area contributed by atoms with Gasteiger partial charge in [-0.05, 0) is 55.8 Å². The zero-order valence-corrected chi connectivity index (χ0v) is 16.3. The molecule has 1 atom stereocenters. The van der Waals surface area contributed by atoms with Gasteiger partial charge in [-0.3, -0.25) is 9.79 Å². The molecule has 1 aliphatic rings. The van der Waals surface area contributed by atoms with Crippen LogP contribution >= 0.6 is 11.6 Å². The second-order valence-corrected chi connectivity index (χ2v) is 6.71. The fourth-order valence-corrected chi connectivity index (χ4v) is 3.15. The number of hydrogen-bond donors (Lipinski definition) is 1. The lowest BCUT2D eigenvalue weighted by molar-refractivity contribution is -0.118. The first-order chi connectivity index (χ1) is 13.3.